The Hall–Kier alpha value is -0.960. The van der Waals surface area contributed by atoms with Crippen molar-refractivity contribution in [2.75, 3.05) is 26.2 Å². The quantitative estimate of drug-likeness (QED) is 0.840. The second-order valence-electron chi connectivity index (χ2n) is 5.01. The molecule has 0 bridgehead atoms. The summed E-state index contributed by atoms with van der Waals surface area (Å²) in [5.41, 5.74) is 0. The van der Waals surface area contributed by atoms with Crippen LogP contribution in [-0.4, -0.2) is 50.9 Å². The molecule has 2 N–H and O–H groups in total. The third-order valence-corrected chi connectivity index (χ3v) is 6.56. The predicted molar refractivity (Wildman–Crippen MR) is 83.0 cm³/mol. The standard InChI is InChI=1S/C13H21N3O3S2/c1-4-15-13(17)11-8-14-5-6-16(11)21(18,19)12-7-9(2)20-10(12)3/h7,11,14H,4-6,8H2,1-3H3,(H,15,17). The molecule has 1 saturated heterocycles. The number of thiophene rings is 1. The molecule has 1 aliphatic heterocycles. The Bertz CT molecular complexity index is 625. The molecule has 0 aromatic carbocycles. The first kappa shape index (κ1) is 16.4. The summed E-state index contributed by atoms with van der Waals surface area (Å²) in [4.78, 5) is 14.2. The van der Waals surface area contributed by atoms with Gasteiger partial charge in [-0.3, -0.25) is 4.79 Å². The molecule has 1 aliphatic rings. The number of aryl methyl sites for hydroxylation is 2. The summed E-state index contributed by atoms with van der Waals surface area (Å²) in [6.45, 7) is 7.19. The van der Waals surface area contributed by atoms with Crippen molar-refractivity contribution in [3.63, 3.8) is 0 Å². The third kappa shape index (κ3) is 3.28. The normalized spacial score (nSPS) is 20.4. The highest BCUT2D eigenvalue weighted by atomic mass is 32.2. The SMILES string of the molecule is CCNC(=O)C1CNCCN1S(=O)(=O)c1cc(C)sc1C. The smallest absolute Gasteiger partial charge is 0.244 e. The molecule has 0 saturated carbocycles. The third-order valence-electron chi connectivity index (χ3n) is 3.43. The van der Waals surface area contributed by atoms with Crippen molar-refractivity contribution in [1.29, 1.82) is 0 Å². The maximum absolute atomic E-state index is 12.9. The van der Waals surface area contributed by atoms with Crippen LogP contribution in [0.5, 0.6) is 0 Å². The second-order valence-corrected chi connectivity index (χ2v) is 8.33. The molecule has 1 aromatic heterocycles. The van der Waals surface area contributed by atoms with Crippen LogP contribution in [-0.2, 0) is 14.8 Å². The lowest BCUT2D eigenvalue weighted by Gasteiger charge is -2.34. The molecular formula is C13H21N3O3S2. The summed E-state index contributed by atoms with van der Waals surface area (Å²) in [5, 5.41) is 5.79. The van der Waals surface area contributed by atoms with Crippen LogP contribution < -0.4 is 10.6 Å². The molecule has 1 unspecified atom stereocenters. The van der Waals surface area contributed by atoms with E-state index < -0.39 is 16.1 Å². The topological polar surface area (TPSA) is 78.5 Å². The molecule has 21 heavy (non-hydrogen) atoms. The number of nitrogens with zero attached hydrogens (tertiary/aromatic N) is 1. The van der Waals surface area contributed by atoms with Gasteiger partial charge in [-0.15, -0.1) is 11.3 Å². The first-order valence-corrected chi connectivity index (χ1v) is 9.21. The zero-order valence-corrected chi connectivity index (χ0v) is 14.1. The van der Waals surface area contributed by atoms with E-state index in [-0.39, 0.29) is 5.91 Å². The molecule has 1 amide bonds. The Morgan fingerprint density at radius 2 is 2.24 bits per heavy atom. The molecule has 2 rings (SSSR count). The van der Waals surface area contributed by atoms with Gasteiger partial charge in [0.15, 0.2) is 0 Å². The largest absolute Gasteiger partial charge is 0.355 e. The fraction of sp³-hybridized carbons (Fsp3) is 0.615. The van der Waals surface area contributed by atoms with Gasteiger partial charge in [0.2, 0.25) is 15.9 Å². The Morgan fingerprint density at radius 3 is 2.81 bits per heavy atom. The summed E-state index contributed by atoms with van der Waals surface area (Å²) in [7, 11) is -3.64. The summed E-state index contributed by atoms with van der Waals surface area (Å²) in [5.74, 6) is -0.252. The van der Waals surface area contributed by atoms with Gasteiger partial charge in [0.25, 0.3) is 0 Å². The molecule has 0 aliphatic carbocycles. The summed E-state index contributed by atoms with van der Waals surface area (Å²) < 4.78 is 27.1. The first-order chi connectivity index (χ1) is 9.87. The number of piperazine rings is 1. The van der Waals surface area contributed by atoms with Crippen LogP contribution >= 0.6 is 11.3 Å². The number of amides is 1. The Morgan fingerprint density at radius 1 is 1.52 bits per heavy atom. The lowest BCUT2D eigenvalue weighted by Crippen LogP contribution is -2.59. The lowest BCUT2D eigenvalue weighted by atomic mass is 10.2. The van der Waals surface area contributed by atoms with E-state index in [1.54, 1.807) is 13.0 Å². The van der Waals surface area contributed by atoms with Gasteiger partial charge in [-0.2, -0.15) is 4.31 Å². The van der Waals surface area contributed by atoms with Crippen molar-refractivity contribution in [3.8, 4) is 0 Å². The molecule has 1 atom stereocenters. The van der Waals surface area contributed by atoms with Gasteiger partial charge in [0, 0.05) is 35.9 Å². The molecule has 0 radical (unpaired) electrons. The lowest BCUT2D eigenvalue weighted by molar-refractivity contribution is -0.125. The van der Waals surface area contributed by atoms with Crippen molar-refractivity contribution < 1.29 is 13.2 Å². The van der Waals surface area contributed by atoms with E-state index in [2.05, 4.69) is 10.6 Å². The summed E-state index contributed by atoms with van der Waals surface area (Å²) >= 11 is 1.46. The van der Waals surface area contributed by atoms with Crippen molar-refractivity contribution in [1.82, 2.24) is 14.9 Å². The minimum Gasteiger partial charge on any atom is -0.355 e. The van der Waals surface area contributed by atoms with E-state index in [1.165, 1.54) is 15.6 Å². The van der Waals surface area contributed by atoms with E-state index in [4.69, 9.17) is 0 Å². The highest BCUT2D eigenvalue weighted by Crippen LogP contribution is 2.29. The molecule has 8 heteroatoms. The maximum Gasteiger partial charge on any atom is 0.244 e. The molecule has 1 fully saturated rings. The van der Waals surface area contributed by atoms with E-state index in [0.717, 1.165) is 9.75 Å². The molecule has 0 spiro atoms. The zero-order valence-electron chi connectivity index (χ0n) is 12.5. The Kier molecular flexibility index (Phi) is 5.03. The average molecular weight is 331 g/mol. The van der Waals surface area contributed by atoms with E-state index in [0.29, 0.717) is 31.1 Å². The van der Waals surface area contributed by atoms with Gasteiger partial charge in [-0.05, 0) is 26.8 Å². The van der Waals surface area contributed by atoms with Crippen molar-refractivity contribution in [3.05, 3.63) is 15.8 Å². The van der Waals surface area contributed by atoms with Gasteiger partial charge in [-0.1, -0.05) is 0 Å². The van der Waals surface area contributed by atoms with E-state index in [9.17, 15) is 13.2 Å². The molecular weight excluding hydrogens is 310 g/mol. The first-order valence-electron chi connectivity index (χ1n) is 6.95. The summed E-state index contributed by atoms with van der Waals surface area (Å²) in [6, 6.07) is 0.995. The minimum atomic E-state index is -3.64. The highest BCUT2D eigenvalue weighted by Gasteiger charge is 2.38. The number of sulfonamides is 1. The van der Waals surface area contributed by atoms with Crippen molar-refractivity contribution in [2.45, 2.75) is 31.7 Å². The second kappa shape index (κ2) is 6.43. The van der Waals surface area contributed by atoms with Gasteiger partial charge < -0.3 is 10.6 Å². The number of hydrogen-bond donors (Lipinski definition) is 2. The fourth-order valence-corrected chi connectivity index (χ4v) is 5.59. The van der Waals surface area contributed by atoms with Crippen LogP contribution in [0.15, 0.2) is 11.0 Å². The van der Waals surface area contributed by atoms with Crippen LogP contribution in [0.3, 0.4) is 0 Å². The number of nitrogens with one attached hydrogen (secondary N) is 2. The van der Waals surface area contributed by atoms with Crippen LogP contribution in [0.1, 0.15) is 16.7 Å². The van der Waals surface area contributed by atoms with E-state index >= 15 is 0 Å². The van der Waals surface area contributed by atoms with Gasteiger partial charge in [0.05, 0.1) is 4.90 Å². The predicted octanol–water partition coefficient (Wildman–Crippen LogP) is 0.464. The highest BCUT2D eigenvalue weighted by molar-refractivity contribution is 7.89. The number of carbonyl (C=O) groups excluding carboxylic acids is 1. The van der Waals surface area contributed by atoms with Crippen molar-refractivity contribution >= 4 is 27.3 Å². The van der Waals surface area contributed by atoms with Crippen LogP contribution in [0, 0.1) is 13.8 Å². The molecule has 2 heterocycles. The van der Waals surface area contributed by atoms with Gasteiger partial charge in [0.1, 0.15) is 6.04 Å². The summed E-state index contributed by atoms with van der Waals surface area (Å²) in [6.07, 6.45) is 0. The fourth-order valence-electron chi connectivity index (χ4n) is 2.48. The van der Waals surface area contributed by atoms with Crippen LogP contribution in [0.2, 0.25) is 0 Å². The number of hydrogen-bond acceptors (Lipinski definition) is 5. The average Bonchev–Trinajstić information content (AvgIpc) is 2.79. The Labute approximate surface area is 129 Å². The monoisotopic (exact) mass is 331 g/mol. The molecule has 118 valence electrons. The Balaban J connectivity index is 2.36. The van der Waals surface area contributed by atoms with E-state index in [1.807, 2.05) is 13.8 Å². The van der Waals surface area contributed by atoms with Crippen LogP contribution in [0.4, 0.5) is 0 Å². The number of likely N-dealkylation sites (N-methyl/N-ethyl adjacent to an activating group) is 1. The van der Waals surface area contributed by atoms with Crippen molar-refractivity contribution in [2.24, 2.45) is 0 Å². The molecule has 6 nitrogen and oxygen atoms in total. The van der Waals surface area contributed by atoms with Gasteiger partial charge >= 0.3 is 0 Å². The van der Waals surface area contributed by atoms with Gasteiger partial charge in [-0.25, -0.2) is 8.42 Å². The number of rotatable bonds is 4. The minimum absolute atomic E-state index is 0.252. The van der Waals surface area contributed by atoms with Crippen LogP contribution in [0.25, 0.3) is 0 Å². The number of carbonyl (C=O) groups is 1. The maximum atomic E-state index is 12.9. The molecule has 1 aromatic rings. The zero-order chi connectivity index (χ0) is 15.6.